The average Bonchev–Trinajstić information content (AvgIpc) is 2.57. The van der Waals surface area contributed by atoms with Gasteiger partial charge < -0.3 is 0 Å². The van der Waals surface area contributed by atoms with Crippen molar-refractivity contribution >= 4 is 33.0 Å². The predicted molar refractivity (Wildman–Crippen MR) is 71.3 cm³/mol. The standard InChI is InChI=1S/C13H10BrFOS/c1-7-5-9(15)3-4-10(7)12(16)13-11(14)6-8(2)17-13/h3-6H,1-2H3. The second kappa shape index (κ2) is 4.70. The van der Waals surface area contributed by atoms with E-state index in [1.54, 1.807) is 6.92 Å². The van der Waals surface area contributed by atoms with Crippen molar-refractivity contribution in [3.63, 3.8) is 0 Å². The van der Waals surface area contributed by atoms with Gasteiger partial charge in [-0.25, -0.2) is 4.39 Å². The monoisotopic (exact) mass is 312 g/mol. The van der Waals surface area contributed by atoms with E-state index in [4.69, 9.17) is 0 Å². The quantitative estimate of drug-likeness (QED) is 0.746. The Morgan fingerprint density at radius 3 is 2.53 bits per heavy atom. The van der Waals surface area contributed by atoms with Gasteiger partial charge in [-0.15, -0.1) is 11.3 Å². The Morgan fingerprint density at radius 1 is 1.29 bits per heavy atom. The van der Waals surface area contributed by atoms with E-state index in [1.807, 2.05) is 13.0 Å². The lowest BCUT2D eigenvalue weighted by Gasteiger charge is -2.03. The minimum absolute atomic E-state index is 0.0625. The highest BCUT2D eigenvalue weighted by molar-refractivity contribution is 9.10. The zero-order chi connectivity index (χ0) is 12.6. The lowest BCUT2D eigenvalue weighted by molar-refractivity contribution is 0.104. The van der Waals surface area contributed by atoms with E-state index in [9.17, 15) is 9.18 Å². The second-order valence-corrected chi connectivity index (χ2v) is 5.93. The lowest BCUT2D eigenvalue weighted by Crippen LogP contribution is -2.02. The van der Waals surface area contributed by atoms with Gasteiger partial charge in [0.15, 0.2) is 0 Å². The van der Waals surface area contributed by atoms with E-state index in [0.717, 1.165) is 9.35 Å². The van der Waals surface area contributed by atoms with Crippen LogP contribution in [0.1, 0.15) is 25.7 Å². The lowest BCUT2D eigenvalue weighted by atomic mass is 10.0. The molecule has 0 radical (unpaired) electrons. The van der Waals surface area contributed by atoms with Gasteiger partial charge in [-0.1, -0.05) is 0 Å². The Hall–Kier alpha value is -1.000. The van der Waals surface area contributed by atoms with Crippen LogP contribution >= 0.6 is 27.3 Å². The van der Waals surface area contributed by atoms with Gasteiger partial charge in [0.2, 0.25) is 5.78 Å². The average molecular weight is 313 g/mol. The maximum Gasteiger partial charge on any atom is 0.204 e. The molecular weight excluding hydrogens is 303 g/mol. The summed E-state index contributed by atoms with van der Waals surface area (Å²) in [6.07, 6.45) is 0. The van der Waals surface area contributed by atoms with Crippen LogP contribution < -0.4 is 0 Å². The second-order valence-electron chi connectivity index (χ2n) is 3.82. The van der Waals surface area contributed by atoms with Crippen molar-refractivity contribution < 1.29 is 9.18 Å². The molecule has 0 bridgehead atoms. The van der Waals surface area contributed by atoms with Crippen LogP contribution in [0.25, 0.3) is 0 Å². The third kappa shape index (κ3) is 2.48. The Balaban J connectivity index is 2.47. The molecule has 2 aromatic rings. The highest BCUT2D eigenvalue weighted by Gasteiger charge is 2.17. The van der Waals surface area contributed by atoms with E-state index in [-0.39, 0.29) is 11.6 Å². The van der Waals surface area contributed by atoms with Crippen LogP contribution in [-0.2, 0) is 0 Å². The SMILES string of the molecule is Cc1cc(Br)c(C(=O)c2ccc(F)cc2C)s1. The first-order chi connectivity index (χ1) is 7.99. The number of rotatable bonds is 2. The van der Waals surface area contributed by atoms with E-state index >= 15 is 0 Å². The van der Waals surface area contributed by atoms with Crippen molar-refractivity contribution in [2.75, 3.05) is 0 Å². The minimum atomic E-state index is -0.319. The summed E-state index contributed by atoms with van der Waals surface area (Å²) in [5, 5.41) is 0. The molecule has 0 atom stereocenters. The molecule has 0 unspecified atom stereocenters. The van der Waals surface area contributed by atoms with Crippen molar-refractivity contribution in [2.45, 2.75) is 13.8 Å². The summed E-state index contributed by atoms with van der Waals surface area (Å²) in [5.41, 5.74) is 1.21. The smallest absolute Gasteiger partial charge is 0.204 e. The zero-order valence-corrected chi connectivity index (χ0v) is 11.8. The summed E-state index contributed by atoms with van der Waals surface area (Å²) in [7, 11) is 0. The van der Waals surface area contributed by atoms with Gasteiger partial charge in [0.25, 0.3) is 0 Å². The van der Waals surface area contributed by atoms with Crippen LogP contribution in [-0.4, -0.2) is 5.78 Å². The maximum absolute atomic E-state index is 13.0. The number of carbonyl (C=O) groups excluding carboxylic acids is 1. The molecule has 0 aliphatic rings. The molecule has 0 aliphatic carbocycles. The van der Waals surface area contributed by atoms with Gasteiger partial charge in [0.1, 0.15) is 5.82 Å². The summed E-state index contributed by atoms with van der Waals surface area (Å²) >= 11 is 4.81. The molecule has 1 nitrogen and oxygen atoms in total. The van der Waals surface area contributed by atoms with Gasteiger partial charge in [-0.2, -0.15) is 0 Å². The fourth-order valence-corrected chi connectivity index (χ4v) is 3.42. The Labute approximate surface area is 111 Å². The third-order valence-corrected chi connectivity index (χ3v) is 4.39. The van der Waals surface area contributed by atoms with Crippen LogP contribution in [0.3, 0.4) is 0 Å². The molecule has 88 valence electrons. The number of benzene rings is 1. The topological polar surface area (TPSA) is 17.1 Å². The number of ketones is 1. The maximum atomic E-state index is 13.0. The predicted octanol–water partition coefficient (Wildman–Crippen LogP) is 4.50. The largest absolute Gasteiger partial charge is 0.288 e. The molecule has 0 N–H and O–H groups in total. The highest BCUT2D eigenvalue weighted by atomic mass is 79.9. The summed E-state index contributed by atoms with van der Waals surface area (Å²) in [5.74, 6) is -0.382. The number of hydrogen-bond donors (Lipinski definition) is 0. The molecule has 1 aromatic heterocycles. The molecule has 1 heterocycles. The van der Waals surface area contributed by atoms with Crippen LogP contribution in [0.15, 0.2) is 28.7 Å². The molecule has 0 amide bonds. The molecule has 0 saturated carbocycles. The molecule has 4 heteroatoms. The third-order valence-electron chi connectivity index (χ3n) is 2.45. The molecule has 17 heavy (non-hydrogen) atoms. The van der Waals surface area contributed by atoms with Crippen molar-refractivity contribution in [3.05, 3.63) is 55.4 Å². The van der Waals surface area contributed by atoms with Crippen molar-refractivity contribution in [1.29, 1.82) is 0 Å². The molecule has 0 saturated heterocycles. The Morgan fingerprint density at radius 2 is 2.00 bits per heavy atom. The van der Waals surface area contributed by atoms with Crippen LogP contribution in [0.5, 0.6) is 0 Å². The Bertz CT molecular complexity index is 589. The molecule has 2 rings (SSSR count). The fraction of sp³-hybridized carbons (Fsp3) is 0.154. The molecular formula is C13H10BrFOS. The Kier molecular flexibility index (Phi) is 3.45. The van der Waals surface area contributed by atoms with E-state index < -0.39 is 0 Å². The normalized spacial score (nSPS) is 10.6. The van der Waals surface area contributed by atoms with Gasteiger partial charge >= 0.3 is 0 Å². The number of halogens is 2. The van der Waals surface area contributed by atoms with Gasteiger partial charge in [0.05, 0.1) is 4.88 Å². The zero-order valence-electron chi connectivity index (χ0n) is 9.38. The first kappa shape index (κ1) is 12.5. The number of carbonyl (C=O) groups is 1. The number of thiophene rings is 1. The number of hydrogen-bond acceptors (Lipinski definition) is 2. The van der Waals surface area contributed by atoms with Gasteiger partial charge in [0, 0.05) is 14.9 Å². The minimum Gasteiger partial charge on any atom is -0.288 e. The molecule has 0 spiro atoms. The van der Waals surface area contributed by atoms with Crippen molar-refractivity contribution in [2.24, 2.45) is 0 Å². The van der Waals surface area contributed by atoms with Crippen LogP contribution in [0.4, 0.5) is 4.39 Å². The summed E-state index contributed by atoms with van der Waals surface area (Å²) in [4.78, 5) is 14.0. The van der Waals surface area contributed by atoms with Gasteiger partial charge in [-0.05, 0) is 59.6 Å². The van der Waals surface area contributed by atoms with E-state index in [2.05, 4.69) is 15.9 Å². The summed E-state index contributed by atoms with van der Waals surface area (Å²) in [6.45, 7) is 3.69. The van der Waals surface area contributed by atoms with Crippen molar-refractivity contribution in [1.82, 2.24) is 0 Å². The molecule has 1 aromatic carbocycles. The molecule has 0 aliphatic heterocycles. The van der Waals surface area contributed by atoms with Crippen LogP contribution in [0.2, 0.25) is 0 Å². The van der Waals surface area contributed by atoms with E-state index in [1.165, 1.54) is 29.5 Å². The summed E-state index contributed by atoms with van der Waals surface area (Å²) in [6, 6.07) is 6.14. The first-order valence-electron chi connectivity index (χ1n) is 5.06. The van der Waals surface area contributed by atoms with Gasteiger partial charge in [-0.3, -0.25) is 4.79 Å². The summed E-state index contributed by atoms with van der Waals surface area (Å²) < 4.78 is 13.8. The van der Waals surface area contributed by atoms with Crippen molar-refractivity contribution in [3.8, 4) is 0 Å². The first-order valence-corrected chi connectivity index (χ1v) is 6.67. The van der Waals surface area contributed by atoms with Crippen LogP contribution in [0, 0.1) is 19.7 Å². The number of aryl methyl sites for hydroxylation is 2. The van der Waals surface area contributed by atoms with E-state index in [0.29, 0.717) is 16.0 Å². The molecule has 0 fully saturated rings. The highest BCUT2D eigenvalue weighted by Crippen LogP contribution is 2.29. The fourth-order valence-electron chi connectivity index (χ4n) is 1.64.